The van der Waals surface area contributed by atoms with Crippen LogP contribution in [-0.2, 0) is 18.5 Å². The van der Waals surface area contributed by atoms with Crippen molar-refractivity contribution in [1.82, 2.24) is 10.2 Å². The molecule has 0 radical (unpaired) electrons. The molecule has 1 fully saturated rings. The SMILES string of the molecule is CN1CC2(CCN(Cc3ccc(CNC(C)(C)C)cc3)CC2)c2ccccc21. The van der Waals surface area contributed by atoms with Crippen molar-refractivity contribution >= 4 is 5.69 Å². The Kier molecular flexibility index (Phi) is 5.24. The van der Waals surface area contributed by atoms with Crippen LogP contribution in [0.3, 0.4) is 0 Å². The number of benzene rings is 2. The molecule has 1 N–H and O–H groups in total. The summed E-state index contributed by atoms with van der Waals surface area (Å²) in [6, 6.07) is 18.2. The molecule has 150 valence electrons. The van der Waals surface area contributed by atoms with E-state index in [-0.39, 0.29) is 5.54 Å². The van der Waals surface area contributed by atoms with E-state index in [1.807, 2.05) is 0 Å². The second kappa shape index (κ2) is 7.53. The molecule has 3 nitrogen and oxygen atoms in total. The maximum Gasteiger partial charge on any atom is 0.0402 e. The first-order valence-electron chi connectivity index (χ1n) is 10.7. The first-order chi connectivity index (χ1) is 13.3. The molecule has 2 aromatic rings. The van der Waals surface area contributed by atoms with Gasteiger partial charge < -0.3 is 10.2 Å². The number of rotatable bonds is 4. The zero-order valence-corrected chi connectivity index (χ0v) is 18.0. The zero-order chi connectivity index (χ0) is 19.8. The lowest BCUT2D eigenvalue weighted by Crippen LogP contribution is -2.44. The summed E-state index contributed by atoms with van der Waals surface area (Å²) in [6.45, 7) is 12.2. The molecule has 2 aliphatic rings. The number of likely N-dealkylation sites (tertiary alicyclic amines) is 1. The maximum atomic E-state index is 3.56. The molecule has 1 spiro atoms. The summed E-state index contributed by atoms with van der Waals surface area (Å²) in [5, 5.41) is 3.56. The molecule has 1 saturated heterocycles. The topological polar surface area (TPSA) is 18.5 Å². The van der Waals surface area contributed by atoms with Crippen LogP contribution in [0, 0.1) is 0 Å². The molecule has 2 aromatic carbocycles. The highest BCUT2D eigenvalue weighted by molar-refractivity contribution is 5.62. The largest absolute Gasteiger partial charge is 0.373 e. The molecule has 0 atom stereocenters. The van der Waals surface area contributed by atoms with Crippen LogP contribution in [0.5, 0.6) is 0 Å². The number of para-hydroxylation sites is 1. The van der Waals surface area contributed by atoms with E-state index >= 15 is 0 Å². The lowest BCUT2D eigenvalue weighted by Gasteiger charge is -2.40. The quantitative estimate of drug-likeness (QED) is 0.843. The highest BCUT2D eigenvalue weighted by Gasteiger charge is 2.43. The third kappa shape index (κ3) is 4.11. The Morgan fingerprint density at radius 2 is 1.57 bits per heavy atom. The Balaban J connectivity index is 1.34. The van der Waals surface area contributed by atoms with Crippen molar-refractivity contribution in [2.75, 3.05) is 31.6 Å². The molecule has 28 heavy (non-hydrogen) atoms. The Bertz CT molecular complexity index is 795. The van der Waals surface area contributed by atoms with Crippen molar-refractivity contribution < 1.29 is 0 Å². The summed E-state index contributed by atoms with van der Waals surface area (Å²) < 4.78 is 0. The van der Waals surface area contributed by atoms with Gasteiger partial charge in [-0.05, 0) is 69.5 Å². The van der Waals surface area contributed by atoms with Crippen LogP contribution >= 0.6 is 0 Å². The van der Waals surface area contributed by atoms with E-state index in [1.165, 1.54) is 49.3 Å². The van der Waals surface area contributed by atoms with Gasteiger partial charge in [0, 0.05) is 43.3 Å². The van der Waals surface area contributed by atoms with E-state index in [9.17, 15) is 0 Å². The number of hydrogen-bond acceptors (Lipinski definition) is 3. The van der Waals surface area contributed by atoms with Gasteiger partial charge in [-0.2, -0.15) is 0 Å². The molecule has 0 bridgehead atoms. The van der Waals surface area contributed by atoms with Crippen LogP contribution < -0.4 is 10.2 Å². The van der Waals surface area contributed by atoms with Crippen molar-refractivity contribution in [2.24, 2.45) is 0 Å². The molecular formula is C25H35N3. The average molecular weight is 378 g/mol. The molecule has 2 aliphatic heterocycles. The van der Waals surface area contributed by atoms with E-state index in [0.717, 1.165) is 13.1 Å². The lowest BCUT2D eigenvalue weighted by atomic mass is 9.74. The van der Waals surface area contributed by atoms with Crippen LogP contribution in [0.15, 0.2) is 48.5 Å². The second-order valence-electron chi connectivity index (χ2n) is 9.85. The number of nitrogens with zero attached hydrogens (tertiary/aromatic N) is 2. The van der Waals surface area contributed by atoms with E-state index in [0.29, 0.717) is 5.41 Å². The smallest absolute Gasteiger partial charge is 0.0402 e. The summed E-state index contributed by atoms with van der Waals surface area (Å²) in [5.41, 5.74) is 6.34. The van der Waals surface area contributed by atoms with Gasteiger partial charge in [0.15, 0.2) is 0 Å². The molecule has 0 amide bonds. The first-order valence-corrected chi connectivity index (χ1v) is 10.7. The number of fused-ring (bicyclic) bond motifs is 2. The van der Waals surface area contributed by atoms with Gasteiger partial charge in [0.05, 0.1) is 0 Å². The Morgan fingerprint density at radius 3 is 2.25 bits per heavy atom. The van der Waals surface area contributed by atoms with Gasteiger partial charge >= 0.3 is 0 Å². The fourth-order valence-corrected chi connectivity index (χ4v) is 4.83. The van der Waals surface area contributed by atoms with E-state index in [2.05, 4.69) is 91.5 Å². The van der Waals surface area contributed by atoms with Gasteiger partial charge in [0.2, 0.25) is 0 Å². The third-order valence-electron chi connectivity index (χ3n) is 6.49. The van der Waals surface area contributed by atoms with Crippen molar-refractivity contribution in [1.29, 1.82) is 0 Å². The fourth-order valence-electron chi connectivity index (χ4n) is 4.83. The summed E-state index contributed by atoms with van der Waals surface area (Å²) in [4.78, 5) is 5.09. The normalized spacial score (nSPS) is 19.2. The average Bonchev–Trinajstić information content (AvgIpc) is 2.95. The molecule has 3 heteroatoms. The van der Waals surface area contributed by atoms with E-state index in [1.54, 1.807) is 5.56 Å². The van der Waals surface area contributed by atoms with Crippen LogP contribution in [0.4, 0.5) is 5.69 Å². The van der Waals surface area contributed by atoms with Crippen molar-refractivity contribution in [3.63, 3.8) is 0 Å². The highest BCUT2D eigenvalue weighted by atomic mass is 15.2. The van der Waals surface area contributed by atoms with Crippen molar-refractivity contribution in [3.8, 4) is 0 Å². The van der Waals surface area contributed by atoms with Gasteiger partial charge in [-0.3, -0.25) is 4.90 Å². The van der Waals surface area contributed by atoms with E-state index < -0.39 is 0 Å². The Hall–Kier alpha value is -1.84. The van der Waals surface area contributed by atoms with Gasteiger partial charge in [0.1, 0.15) is 0 Å². The van der Waals surface area contributed by atoms with Crippen LogP contribution in [0.1, 0.15) is 50.3 Å². The minimum Gasteiger partial charge on any atom is -0.373 e. The monoisotopic (exact) mass is 377 g/mol. The molecule has 0 saturated carbocycles. The molecular weight excluding hydrogens is 342 g/mol. The lowest BCUT2D eigenvalue weighted by molar-refractivity contribution is 0.160. The predicted octanol–water partition coefficient (Wildman–Crippen LogP) is 4.56. The summed E-state index contributed by atoms with van der Waals surface area (Å²) in [7, 11) is 2.25. The van der Waals surface area contributed by atoms with Crippen LogP contribution in [0.25, 0.3) is 0 Å². The highest BCUT2D eigenvalue weighted by Crippen LogP contribution is 2.46. The molecule has 2 heterocycles. The fraction of sp³-hybridized carbons (Fsp3) is 0.520. The maximum absolute atomic E-state index is 3.56. The van der Waals surface area contributed by atoms with Crippen molar-refractivity contribution in [3.05, 3.63) is 65.2 Å². The summed E-state index contributed by atoms with van der Waals surface area (Å²) in [5.74, 6) is 0. The van der Waals surface area contributed by atoms with Crippen LogP contribution in [-0.4, -0.2) is 37.1 Å². The third-order valence-corrected chi connectivity index (χ3v) is 6.49. The molecule has 4 rings (SSSR count). The number of piperidine rings is 1. The summed E-state index contributed by atoms with van der Waals surface area (Å²) >= 11 is 0. The Labute approximate surface area is 170 Å². The number of likely N-dealkylation sites (N-methyl/N-ethyl adjacent to an activating group) is 1. The Morgan fingerprint density at radius 1 is 0.929 bits per heavy atom. The number of hydrogen-bond donors (Lipinski definition) is 1. The van der Waals surface area contributed by atoms with Gasteiger partial charge in [0.25, 0.3) is 0 Å². The number of nitrogens with one attached hydrogen (secondary N) is 1. The van der Waals surface area contributed by atoms with Gasteiger partial charge in [-0.1, -0.05) is 42.5 Å². The van der Waals surface area contributed by atoms with Gasteiger partial charge in [-0.15, -0.1) is 0 Å². The van der Waals surface area contributed by atoms with Gasteiger partial charge in [-0.25, -0.2) is 0 Å². The minimum atomic E-state index is 0.162. The first kappa shape index (κ1) is 19.5. The standard InChI is InChI=1S/C25H35N3/c1-24(2,3)26-17-20-9-11-21(12-10-20)18-28-15-13-25(14-16-28)19-27(4)23-8-6-5-7-22(23)25/h5-12,26H,13-19H2,1-4H3. The predicted molar refractivity (Wildman–Crippen MR) is 119 cm³/mol. The molecule has 0 aliphatic carbocycles. The number of anilines is 1. The van der Waals surface area contributed by atoms with Crippen LogP contribution in [0.2, 0.25) is 0 Å². The summed E-state index contributed by atoms with van der Waals surface area (Å²) in [6.07, 6.45) is 2.53. The van der Waals surface area contributed by atoms with Crippen molar-refractivity contribution in [2.45, 2.75) is 57.7 Å². The van der Waals surface area contributed by atoms with E-state index in [4.69, 9.17) is 0 Å². The molecule has 0 unspecified atom stereocenters. The zero-order valence-electron chi connectivity index (χ0n) is 18.0. The minimum absolute atomic E-state index is 0.162. The second-order valence-corrected chi connectivity index (χ2v) is 9.85. The molecule has 0 aromatic heterocycles.